The number of hydrogen-bond donors (Lipinski definition) is 2. The van der Waals surface area contributed by atoms with Gasteiger partial charge in [-0.25, -0.2) is 8.91 Å². The van der Waals surface area contributed by atoms with Crippen molar-refractivity contribution in [1.29, 1.82) is 0 Å². The van der Waals surface area contributed by atoms with Crippen LogP contribution in [0.4, 0.5) is 10.2 Å². The molecule has 0 spiro atoms. The van der Waals surface area contributed by atoms with Crippen LogP contribution in [0, 0.1) is 5.82 Å². The van der Waals surface area contributed by atoms with E-state index in [4.69, 9.17) is 14.7 Å². The lowest BCUT2D eigenvalue weighted by Gasteiger charge is -2.33. The van der Waals surface area contributed by atoms with Crippen LogP contribution in [0.3, 0.4) is 0 Å². The number of ether oxygens (including phenoxy) is 1. The Morgan fingerprint density at radius 2 is 1.86 bits per heavy atom. The molecule has 1 atom stereocenters. The predicted octanol–water partition coefficient (Wildman–Crippen LogP) is 5.47. The third-order valence-corrected chi connectivity index (χ3v) is 10.1. The average molecular weight is 597 g/mol. The number of nitrogens with zero attached hydrogens (tertiary/aromatic N) is 6. The molecule has 1 unspecified atom stereocenters. The van der Waals surface area contributed by atoms with Crippen molar-refractivity contribution in [1.82, 2.24) is 24.5 Å². The highest BCUT2D eigenvalue weighted by atomic mass is 19.1. The van der Waals surface area contributed by atoms with E-state index in [1.54, 1.807) is 24.4 Å². The summed E-state index contributed by atoms with van der Waals surface area (Å²) in [6.45, 7) is 5.93. The fraction of sp³-hybridized carbons (Fsp3) is 0.441. The van der Waals surface area contributed by atoms with Gasteiger partial charge in [-0.05, 0) is 105 Å². The van der Waals surface area contributed by atoms with E-state index in [9.17, 15) is 10.2 Å². The highest BCUT2D eigenvalue weighted by molar-refractivity contribution is 6.06. The molecular weight excluding hydrogens is 559 g/mol. The maximum absolute atomic E-state index is 15.1. The second-order valence-corrected chi connectivity index (χ2v) is 12.7. The normalized spacial score (nSPS) is 20.2. The first-order valence-electron chi connectivity index (χ1n) is 15.9. The maximum atomic E-state index is 15.1. The molecule has 228 valence electrons. The Bertz CT molecular complexity index is 1900. The van der Waals surface area contributed by atoms with E-state index in [1.165, 1.54) is 18.9 Å². The van der Waals surface area contributed by atoms with E-state index in [1.807, 2.05) is 23.6 Å². The first-order chi connectivity index (χ1) is 21.4. The maximum Gasteiger partial charge on any atom is 0.319 e. The SMILES string of the molecule is CCc1c(F)ccc2cc(O)cc(-c3cc4nc(OCC56CCCN5CCC6)nc(N5CCCC(O)C5)c4c4ccnn34)c12. The molecule has 0 amide bonds. The van der Waals surface area contributed by atoms with Crippen LogP contribution >= 0.6 is 0 Å². The van der Waals surface area contributed by atoms with Crippen molar-refractivity contribution in [3.63, 3.8) is 0 Å². The van der Waals surface area contributed by atoms with Gasteiger partial charge in [0.25, 0.3) is 0 Å². The number of aliphatic hydroxyl groups excluding tert-OH is 1. The van der Waals surface area contributed by atoms with Gasteiger partial charge in [-0.15, -0.1) is 0 Å². The number of aliphatic hydroxyl groups is 1. The molecule has 0 aliphatic carbocycles. The zero-order valence-corrected chi connectivity index (χ0v) is 25.0. The Balaban J connectivity index is 1.34. The van der Waals surface area contributed by atoms with Crippen LogP contribution in [0.25, 0.3) is 38.4 Å². The average Bonchev–Trinajstić information content (AvgIpc) is 3.75. The molecule has 0 bridgehead atoms. The Labute approximate surface area is 254 Å². The summed E-state index contributed by atoms with van der Waals surface area (Å²) >= 11 is 0. The highest BCUT2D eigenvalue weighted by Gasteiger charge is 2.45. The molecule has 5 aromatic rings. The van der Waals surface area contributed by atoms with Crippen LogP contribution in [0.5, 0.6) is 11.8 Å². The van der Waals surface area contributed by atoms with Crippen LogP contribution in [0.2, 0.25) is 0 Å². The number of rotatable bonds is 6. The van der Waals surface area contributed by atoms with Gasteiger partial charge in [0.15, 0.2) is 0 Å². The minimum atomic E-state index is -0.441. The first-order valence-corrected chi connectivity index (χ1v) is 15.9. The number of anilines is 1. The van der Waals surface area contributed by atoms with Gasteiger partial charge in [0, 0.05) is 18.7 Å². The predicted molar refractivity (Wildman–Crippen MR) is 168 cm³/mol. The van der Waals surface area contributed by atoms with Gasteiger partial charge in [0.1, 0.15) is 24.0 Å². The molecular formula is C34H37FN6O3. The van der Waals surface area contributed by atoms with E-state index in [-0.39, 0.29) is 17.1 Å². The summed E-state index contributed by atoms with van der Waals surface area (Å²) in [5.74, 6) is 0.530. The Morgan fingerprint density at radius 1 is 1.02 bits per heavy atom. The van der Waals surface area contributed by atoms with Crippen molar-refractivity contribution in [3.8, 4) is 23.0 Å². The molecule has 3 aliphatic heterocycles. The monoisotopic (exact) mass is 596 g/mol. The summed E-state index contributed by atoms with van der Waals surface area (Å²) in [5.41, 5.74) is 3.46. The number of aromatic hydroxyl groups is 1. The quantitative estimate of drug-likeness (QED) is 0.266. The molecule has 0 radical (unpaired) electrons. The zero-order chi connectivity index (χ0) is 30.0. The number of halogens is 1. The van der Waals surface area contributed by atoms with Crippen molar-refractivity contribution in [2.45, 2.75) is 63.5 Å². The molecule has 3 aromatic heterocycles. The standard InChI is InChI=1S/C34H37FN6O3/c1-2-24-26(35)8-7-21-16-23(43)17-25(30(21)24)29-18-27-31(28-9-12-36-41(28)29)32(39-13-3-6-22(42)19-39)38-33(37-27)44-20-34-10-4-14-40(34)15-5-11-34/h7-9,12,16-18,22,42-43H,2-6,10-11,13-15,19-20H2,1H3. The number of β-amino-alcohol motifs (C(OH)–C–C–N with tert-alkyl or cyclic N) is 1. The summed E-state index contributed by atoms with van der Waals surface area (Å²) in [6.07, 6.45) is 8.00. The van der Waals surface area contributed by atoms with Gasteiger partial charge in [-0.1, -0.05) is 13.0 Å². The van der Waals surface area contributed by atoms with Crippen LogP contribution < -0.4 is 9.64 Å². The number of aromatic nitrogens is 4. The number of pyridine rings is 1. The van der Waals surface area contributed by atoms with Crippen LogP contribution in [-0.2, 0) is 6.42 Å². The number of piperidine rings is 1. The van der Waals surface area contributed by atoms with Crippen LogP contribution in [0.1, 0.15) is 51.0 Å². The van der Waals surface area contributed by atoms with Gasteiger partial charge in [0.2, 0.25) is 0 Å². The van der Waals surface area contributed by atoms with Gasteiger partial charge in [0.05, 0.1) is 40.0 Å². The number of phenols is 1. The molecule has 3 aliphatic rings. The number of aryl methyl sites for hydroxylation is 1. The molecule has 0 saturated carbocycles. The molecule has 9 nitrogen and oxygen atoms in total. The molecule has 3 fully saturated rings. The van der Waals surface area contributed by atoms with Gasteiger partial charge >= 0.3 is 6.01 Å². The Hall–Kier alpha value is -4.02. The molecule has 44 heavy (non-hydrogen) atoms. The van der Waals surface area contributed by atoms with E-state index in [0.717, 1.165) is 67.0 Å². The third-order valence-electron chi connectivity index (χ3n) is 10.1. The van der Waals surface area contributed by atoms with Crippen LogP contribution in [0.15, 0.2) is 42.6 Å². The molecule has 6 heterocycles. The first kappa shape index (κ1) is 27.5. The van der Waals surface area contributed by atoms with Crippen molar-refractivity contribution in [3.05, 3.63) is 54.0 Å². The second kappa shape index (κ2) is 10.6. The fourth-order valence-electron chi connectivity index (χ4n) is 8.01. The molecule has 2 N–H and O–H groups in total. The van der Waals surface area contributed by atoms with Gasteiger partial charge < -0.3 is 19.8 Å². The molecule has 2 aromatic carbocycles. The number of benzene rings is 2. The summed E-state index contributed by atoms with van der Waals surface area (Å²) in [4.78, 5) is 14.7. The highest BCUT2D eigenvalue weighted by Crippen LogP contribution is 2.42. The topological polar surface area (TPSA) is 99.3 Å². The number of hydrogen-bond acceptors (Lipinski definition) is 8. The molecule has 8 rings (SSSR count). The van der Waals surface area contributed by atoms with Crippen LogP contribution in [-0.4, -0.2) is 79.1 Å². The lowest BCUT2D eigenvalue weighted by atomic mass is 9.94. The van der Waals surface area contributed by atoms with E-state index in [0.29, 0.717) is 53.7 Å². The number of phenolic OH excluding ortho intramolecular Hbond substituents is 1. The largest absolute Gasteiger partial charge is 0.508 e. The lowest BCUT2D eigenvalue weighted by molar-refractivity contribution is 0.107. The fourth-order valence-corrected chi connectivity index (χ4v) is 8.01. The van der Waals surface area contributed by atoms with Gasteiger partial charge in [-0.3, -0.25) is 4.90 Å². The van der Waals surface area contributed by atoms with Crippen molar-refractivity contribution >= 4 is 33.0 Å². The lowest BCUT2D eigenvalue weighted by Crippen LogP contribution is -2.43. The van der Waals surface area contributed by atoms with E-state index >= 15 is 4.39 Å². The van der Waals surface area contributed by atoms with Crippen molar-refractivity contribution in [2.75, 3.05) is 37.7 Å². The minimum absolute atomic E-state index is 0.0431. The van der Waals surface area contributed by atoms with E-state index < -0.39 is 6.10 Å². The van der Waals surface area contributed by atoms with Crippen molar-refractivity contribution in [2.24, 2.45) is 0 Å². The summed E-state index contributed by atoms with van der Waals surface area (Å²) in [7, 11) is 0. The Morgan fingerprint density at radius 3 is 2.66 bits per heavy atom. The zero-order valence-electron chi connectivity index (χ0n) is 25.0. The molecule has 10 heteroatoms. The molecule has 3 saturated heterocycles. The minimum Gasteiger partial charge on any atom is -0.508 e. The second-order valence-electron chi connectivity index (χ2n) is 12.7. The summed E-state index contributed by atoms with van der Waals surface area (Å²) in [6, 6.07) is 10.7. The Kier molecular flexibility index (Phi) is 6.60. The third kappa shape index (κ3) is 4.37. The van der Waals surface area contributed by atoms with E-state index in [2.05, 4.69) is 14.9 Å². The summed E-state index contributed by atoms with van der Waals surface area (Å²) < 4.78 is 23.4. The van der Waals surface area contributed by atoms with Gasteiger partial charge in [-0.2, -0.15) is 15.1 Å². The van der Waals surface area contributed by atoms with Crippen molar-refractivity contribution < 1.29 is 19.3 Å². The number of fused-ring (bicyclic) bond motifs is 5. The smallest absolute Gasteiger partial charge is 0.319 e. The summed E-state index contributed by atoms with van der Waals surface area (Å²) in [5, 5.41) is 28.4.